The molecule has 0 aromatic carbocycles. The zero-order chi connectivity index (χ0) is 16.6. The van der Waals surface area contributed by atoms with Gasteiger partial charge in [-0.2, -0.15) is 13.2 Å². The summed E-state index contributed by atoms with van der Waals surface area (Å²) in [5.74, 6) is 0. The number of carbonyl (C=O) groups excluding carboxylic acids is 1. The number of amides is 1. The van der Waals surface area contributed by atoms with Crippen molar-refractivity contribution in [2.75, 3.05) is 6.61 Å². The minimum absolute atomic E-state index is 0.0839. The number of aliphatic hydroxyl groups is 1. The molecule has 1 rings (SSSR count). The molecule has 21 heavy (non-hydrogen) atoms. The number of rotatable bonds is 2. The molecule has 8 heteroatoms. The molecule has 1 heterocycles. The molecule has 1 aliphatic heterocycles. The predicted molar refractivity (Wildman–Crippen MR) is 68.6 cm³/mol. The van der Waals surface area contributed by atoms with Crippen LogP contribution in [0.4, 0.5) is 18.0 Å². The number of hydrogen-bond donors (Lipinski definition) is 1. The van der Waals surface area contributed by atoms with Crippen LogP contribution in [0.15, 0.2) is 0 Å². The molecule has 0 aromatic heterocycles. The third-order valence-corrected chi connectivity index (χ3v) is 3.04. The molecule has 1 amide bonds. The molecule has 2 atom stereocenters. The number of halogens is 3. The summed E-state index contributed by atoms with van der Waals surface area (Å²) in [6.45, 7) is 8.03. The van der Waals surface area contributed by atoms with Crippen LogP contribution in [0.2, 0.25) is 0 Å². The molecule has 0 saturated carbocycles. The van der Waals surface area contributed by atoms with Crippen molar-refractivity contribution >= 4 is 6.09 Å². The Labute approximate surface area is 122 Å². The SMILES string of the molecule is CC(C)(C)OC(=O)N1[C@@H](CC(O)C(F)(F)F)COC1(C)C. The van der Waals surface area contributed by atoms with Crippen LogP contribution in [-0.2, 0) is 9.47 Å². The molecule has 0 radical (unpaired) electrons. The number of aliphatic hydroxyl groups excluding tert-OH is 1. The van der Waals surface area contributed by atoms with Gasteiger partial charge in [-0.25, -0.2) is 4.79 Å². The van der Waals surface area contributed by atoms with Crippen LogP contribution in [0.25, 0.3) is 0 Å². The Morgan fingerprint density at radius 2 is 1.95 bits per heavy atom. The van der Waals surface area contributed by atoms with Gasteiger partial charge in [0.2, 0.25) is 0 Å². The van der Waals surface area contributed by atoms with Gasteiger partial charge in [0.1, 0.15) is 11.3 Å². The van der Waals surface area contributed by atoms with Crippen molar-refractivity contribution < 1.29 is 32.5 Å². The Bertz CT molecular complexity index is 390. The van der Waals surface area contributed by atoms with E-state index < -0.39 is 42.2 Å². The van der Waals surface area contributed by atoms with Crippen LogP contribution in [0.1, 0.15) is 41.0 Å². The second-order valence-electron chi connectivity index (χ2n) is 6.56. The van der Waals surface area contributed by atoms with Crippen LogP contribution in [0.3, 0.4) is 0 Å². The Hall–Kier alpha value is -1.02. The predicted octanol–water partition coefficient (Wildman–Crippen LogP) is 2.67. The lowest BCUT2D eigenvalue weighted by Crippen LogP contribution is -2.51. The summed E-state index contributed by atoms with van der Waals surface area (Å²) in [4.78, 5) is 13.3. The Kier molecular flexibility index (Phi) is 4.84. The molecule has 1 unspecified atom stereocenters. The van der Waals surface area contributed by atoms with Crippen molar-refractivity contribution in [3.63, 3.8) is 0 Å². The van der Waals surface area contributed by atoms with Crippen molar-refractivity contribution in [1.82, 2.24) is 4.90 Å². The first-order valence-electron chi connectivity index (χ1n) is 6.65. The van der Waals surface area contributed by atoms with E-state index in [0.29, 0.717) is 0 Å². The summed E-state index contributed by atoms with van der Waals surface area (Å²) in [5, 5.41) is 9.19. The minimum atomic E-state index is -4.73. The number of alkyl halides is 3. The molecular weight excluding hydrogens is 291 g/mol. The second kappa shape index (κ2) is 5.64. The highest BCUT2D eigenvalue weighted by molar-refractivity contribution is 5.69. The van der Waals surface area contributed by atoms with Crippen molar-refractivity contribution in [1.29, 1.82) is 0 Å². The first-order chi connectivity index (χ1) is 9.24. The highest BCUT2D eigenvalue weighted by Crippen LogP contribution is 2.33. The van der Waals surface area contributed by atoms with E-state index in [9.17, 15) is 23.1 Å². The fourth-order valence-electron chi connectivity index (χ4n) is 2.13. The van der Waals surface area contributed by atoms with Crippen LogP contribution in [0, 0.1) is 0 Å². The molecule has 1 saturated heterocycles. The van der Waals surface area contributed by atoms with Gasteiger partial charge in [0.15, 0.2) is 6.10 Å². The number of hydrogen-bond acceptors (Lipinski definition) is 4. The Morgan fingerprint density at radius 1 is 1.43 bits per heavy atom. The molecule has 124 valence electrons. The van der Waals surface area contributed by atoms with E-state index in [2.05, 4.69) is 0 Å². The standard InChI is InChI=1S/C13H22F3NO4/c1-11(2,3)21-10(19)17-8(7-20-12(17,4)5)6-9(18)13(14,15)16/h8-9,18H,6-7H2,1-5H3/t8-,9?/m0/s1. The summed E-state index contributed by atoms with van der Waals surface area (Å²) >= 11 is 0. The van der Waals surface area contributed by atoms with Gasteiger partial charge in [0.05, 0.1) is 12.6 Å². The number of ether oxygens (including phenoxy) is 2. The molecule has 0 aliphatic carbocycles. The number of carbonyl (C=O) groups is 1. The molecule has 5 nitrogen and oxygen atoms in total. The average Bonchev–Trinajstić information content (AvgIpc) is 2.49. The van der Waals surface area contributed by atoms with Crippen LogP contribution in [-0.4, -0.2) is 52.4 Å². The highest BCUT2D eigenvalue weighted by Gasteiger charge is 2.49. The van der Waals surface area contributed by atoms with E-state index >= 15 is 0 Å². The monoisotopic (exact) mass is 313 g/mol. The van der Waals surface area contributed by atoms with Gasteiger partial charge in [-0.1, -0.05) is 0 Å². The van der Waals surface area contributed by atoms with E-state index in [0.717, 1.165) is 4.90 Å². The summed E-state index contributed by atoms with van der Waals surface area (Å²) in [5.41, 5.74) is -1.86. The van der Waals surface area contributed by atoms with E-state index in [-0.39, 0.29) is 6.61 Å². The van der Waals surface area contributed by atoms with E-state index in [1.807, 2.05) is 0 Å². The van der Waals surface area contributed by atoms with E-state index in [4.69, 9.17) is 9.47 Å². The topological polar surface area (TPSA) is 59.0 Å². The maximum atomic E-state index is 12.5. The third-order valence-electron chi connectivity index (χ3n) is 3.04. The van der Waals surface area contributed by atoms with E-state index in [1.54, 1.807) is 34.6 Å². The van der Waals surface area contributed by atoms with Crippen molar-refractivity contribution in [2.45, 2.75) is 70.7 Å². The Balaban J connectivity index is 2.87. The average molecular weight is 313 g/mol. The highest BCUT2D eigenvalue weighted by atomic mass is 19.4. The maximum Gasteiger partial charge on any atom is 0.414 e. The maximum absolute atomic E-state index is 12.5. The Morgan fingerprint density at radius 3 is 2.38 bits per heavy atom. The molecule has 0 bridgehead atoms. The first-order valence-corrected chi connectivity index (χ1v) is 6.65. The minimum Gasteiger partial charge on any atom is -0.444 e. The van der Waals surface area contributed by atoms with Gasteiger partial charge in [-0.05, 0) is 34.6 Å². The molecule has 0 aromatic rings. The van der Waals surface area contributed by atoms with E-state index in [1.165, 1.54) is 0 Å². The van der Waals surface area contributed by atoms with Gasteiger partial charge in [0, 0.05) is 6.42 Å². The first kappa shape index (κ1) is 18.0. The smallest absolute Gasteiger partial charge is 0.414 e. The van der Waals surface area contributed by atoms with Gasteiger partial charge >= 0.3 is 12.3 Å². The van der Waals surface area contributed by atoms with Gasteiger partial charge in [-0.3, -0.25) is 4.90 Å². The van der Waals surface area contributed by atoms with Crippen LogP contribution in [0.5, 0.6) is 0 Å². The fourth-order valence-corrected chi connectivity index (χ4v) is 2.13. The van der Waals surface area contributed by atoms with Gasteiger partial charge in [0.25, 0.3) is 0 Å². The fraction of sp³-hybridized carbons (Fsp3) is 0.923. The lowest BCUT2D eigenvalue weighted by Gasteiger charge is -2.35. The lowest BCUT2D eigenvalue weighted by molar-refractivity contribution is -0.208. The summed E-state index contributed by atoms with van der Waals surface area (Å²) in [6, 6.07) is -0.897. The third kappa shape index (κ3) is 4.74. The zero-order valence-electron chi connectivity index (χ0n) is 12.8. The van der Waals surface area contributed by atoms with Gasteiger partial charge < -0.3 is 14.6 Å². The molecule has 1 aliphatic rings. The van der Waals surface area contributed by atoms with Crippen LogP contribution < -0.4 is 0 Å². The lowest BCUT2D eigenvalue weighted by atomic mass is 10.1. The van der Waals surface area contributed by atoms with Gasteiger partial charge in [-0.15, -0.1) is 0 Å². The molecule has 0 spiro atoms. The molecule has 1 fully saturated rings. The summed E-state index contributed by atoms with van der Waals surface area (Å²) in [7, 11) is 0. The zero-order valence-corrected chi connectivity index (χ0v) is 12.8. The molecule has 1 N–H and O–H groups in total. The quantitative estimate of drug-likeness (QED) is 0.851. The van der Waals surface area contributed by atoms with Crippen LogP contribution >= 0.6 is 0 Å². The second-order valence-corrected chi connectivity index (χ2v) is 6.56. The summed E-state index contributed by atoms with van der Waals surface area (Å²) in [6.07, 6.45) is -8.65. The van der Waals surface area contributed by atoms with Crippen molar-refractivity contribution in [3.05, 3.63) is 0 Å². The van der Waals surface area contributed by atoms with Crippen molar-refractivity contribution in [2.24, 2.45) is 0 Å². The summed E-state index contributed by atoms with van der Waals surface area (Å²) < 4.78 is 48.0. The largest absolute Gasteiger partial charge is 0.444 e. The molecular formula is C13H22F3NO4. The number of nitrogens with zero attached hydrogens (tertiary/aromatic N) is 1. The van der Waals surface area contributed by atoms with Crippen molar-refractivity contribution in [3.8, 4) is 0 Å². The normalized spacial score (nSPS) is 24.0.